The van der Waals surface area contributed by atoms with Gasteiger partial charge in [-0.05, 0) is 43.3 Å². The van der Waals surface area contributed by atoms with Gasteiger partial charge in [0, 0.05) is 11.1 Å². The first-order valence-electron chi connectivity index (χ1n) is 10.1. The minimum absolute atomic E-state index is 0.0762. The molecule has 0 saturated heterocycles. The van der Waals surface area contributed by atoms with Gasteiger partial charge >= 0.3 is 0 Å². The maximum atomic E-state index is 12.7. The quantitative estimate of drug-likeness (QED) is 0.399. The number of fused-ring (bicyclic) bond motifs is 1. The summed E-state index contributed by atoms with van der Waals surface area (Å²) in [6.45, 7) is 2.01. The summed E-state index contributed by atoms with van der Waals surface area (Å²) < 4.78 is 5.84. The smallest absolute Gasteiger partial charge is 0.257 e. The molecular weight excluding hydrogens is 390 g/mol. The first-order chi connectivity index (χ1) is 15.1. The van der Waals surface area contributed by atoms with Crippen LogP contribution in [0, 0.1) is 0 Å². The van der Waals surface area contributed by atoms with Crippen LogP contribution in [0.4, 0.5) is 11.4 Å². The van der Waals surface area contributed by atoms with Gasteiger partial charge in [-0.15, -0.1) is 0 Å². The number of hydrogen-bond acceptors (Lipinski definition) is 4. The lowest BCUT2D eigenvalue weighted by Gasteiger charge is -2.14. The Kier molecular flexibility index (Phi) is 6.10. The third kappa shape index (κ3) is 4.99. The summed E-state index contributed by atoms with van der Waals surface area (Å²) >= 11 is 0. The normalized spacial score (nSPS) is 11.8. The summed E-state index contributed by atoms with van der Waals surface area (Å²) in [5.41, 5.74) is 2.35. The largest absolute Gasteiger partial charge is 0.459 e. The Labute approximate surface area is 180 Å². The Balaban J connectivity index is 1.37. The molecule has 0 aliphatic heterocycles. The molecule has 1 aromatic heterocycles. The van der Waals surface area contributed by atoms with Gasteiger partial charge in [-0.3, -0.25) is 14.9 Å². The van der Waals surface area contributed by atoms with Crippen molar-refractivity contribution >= 4 is 34.2 Å². The molecule has 1 heterocycles. The maximum Gasteiger partial charge on any atom is 0.257 e. The van der Waals surface area contributed by atoms with Crippen LogP contribution in [-0.2, 0) is 4.79 Å². The lowest BCUT2D eigenvalue weighted by atomic mass is 10.1. The van der Waals surface area contributed by atoms with Crippen LogP contribution >= 0.6 is 0 Å². The minimum atomic E-state index is -0.286. The Morgan fingerprint density at radius 2 is 1.58 bits per heavy atom. The van der Waals surface area contributed by atoms with E-state index in [-0.39, 0.29) is 24.4 Å². The second-order valence-corrected chi connectivity index (χ2v) is 7.20. The van der Waals surface area contributed by atoms with E-state index < -0.39 is 0 Å². The fraction of sp³-hybridized carbons (Fsp3) is 0.120. The molecule has 1 atom stereocenters. The van der Waals surface area contributed by atoms with Gasteiger partial charge in [-0.1, -0.05) is 48.5 Å². The second kappa shape index (κ2) is 9.28. The number of hydrogen-bond donors (Lipinski definition) is 3. The van der Waals surface area contributed by atoms with Crippen LogP contribution in [0.3, 0.4) is 0 Å². The fourth-order valence-corrected chi connectivity index (χ4v) is 3.27. The van der Waals surface area contributed by atoms with Crippen LogP contribution in [0.1, 0.15) is 29.1 Å². The summed E-state index contributed by atoms with van der Waals surface area (Å²) in [6, 6.07) is 25.7. The van der Waals surface area contributed by atoms with E-state index in [4.69, 9.17) is 4.42 Å². The van der Waals surface area contributed by atoms with E-state index >= 15 is 0 Å². The minimum Gasteiger partial charge on any atom is -0.459 e. The Morgan fingerprint density at radius 3 is 2.39 bits per heavy atom. The lowest BCUT2D eigenvalue weighted by molar-refractivity contribution is -0.115. The van der Waals surface area contributed by atoms with E-state index in [0.717, 1.165) is 16.7 Å². The van der Waals surface area contributed by atoms with E-state index in [9.17, 15) is 9.59 Å². The highest BCUT2D eigenvalue weighted by Crippen LogP contribution is 2.23. The second-order valence-electron chi connectivity index (χ2n) is 7.20. The zero-order valence-electron chi connectivity index (χ0n) is 17.1. The van der Waals surface area contributed by atoms with Gasteiger partial charge in [0.05, 0.1) is 23.8 Å². The topological polar surface area (TPSA) is 83.4 Å². The Morgan fingerprint density at radius 1 is 0.871 bits per heavy atom. The molecule has 0 aliphatic carbocycles. The molecule has 156 valence electrons. The number of rotatable bonds is 7. The number of carbonyl (C=O) groups is 2. The number of anilines is 2. The average molecular weight is 413 g/mol. The standard InChI is InChI=1S/C25H23N3O3/c1-17(23-15-18-9-5-8-14-22(18)31-23)26-16-24(29)28-21-13-7-6-12-20(21)25(30)27-19-10-3-2-4-11-19/h2-15,17,26H,16H2,1H3,(H,27,30)(H,28,29). The monoisotopic (exact) mass is 413 g/mol. The van der Waals surface area contributed by atoms with Crippen molar-refractivity contribution in [3.63, 3.8) is 0 Å². The number of furan rings is 1. The summed E-state index contributed by atoms with van der Waals surface area (Å²) in [5, 5.41) is 9.84. The molecule has 2 amide bonds. The van der Waals surface area contributed by atoms with Gasteiger partial charge in [-0.2, -0.15) is 0 Å². The van der Waals surface area contributed by atoms with Crippen LogP contribution in [0.25, 0.3) is 11.0 Å². The van der Waals surface area contributed by atoms with E-state index in [0.29, 0.717) is 16.9 Å². The fourth-order valence-electron chi connectivity index (χ4n) is 3.27. The maximum absolute atomic E-state index is 12.7. The van der Waals surface area contributed by atoms with Crippen LogP contribution in [0.15, 0.2) is 89.3 Å². The predicted octanol–water partition coefficient (Wildman–Crippen LogP) is 4.97. The number of para-hydroxylation sites is 3. The highest BCUT2D eigenvalue weighted by atomic mass is 16.3. The summed E-state index contributed by atoms with van der Waals surface area (Å²) in [6.07, 6.45) is 0. The van der Waals surface area contributed by atoms with E-state index in [1.165, 1.54) is 0 Å². The van der Waals surface area contributed by atoms with Crippen molar-refractivity contribution in [1.29, 1.82) is 0 Å². The number of benzene rings is 3. The summed E-state index contributed by atoms with van der Waals surface area (Å²) in [4.78, 5) is 25.2. The molecule has 0 spiro atoms. The molecule has 0 radical (unpaired) electrons. The van der Waals surface area contributed by atoms with E-state index in [2.05, 4.69) is 16.0 Å². The van der Waals surface area contributed by atoms with Crippen LogP contribution in [0.2, 0.25) is 0 Å². The SMILES string of the molecule is CC(NCC(=O)Nc1ccccc1C(=O)Nc1ccccc1)c1cc2ccccc2o1. The van der Waals surface area contributed by atoms with Crippen molar-refractivity contribution in [1.82, 2.24) is 5.32 Å². The Bertz CT molecular complexity index is 1170. The lowest BCUT2D eigenvalue weighted by Crippen LogP contribution is -2.30. The van der Waals surface area contributed by atoms with Crippen molar-refractivity contribution in [2.24, 2.45) is 0 Å². The molecule has 4 rings (SSSR count). The number of nitrogens with one attached hydrogen (secondary N) is 3. The van der Waals surface area contributed by atoms with Crippen molar-refractivity contribution < 1.29 is 14.0 Å². The molecule has 6 heteroatoms. The van der Waals surface area contributed by atoms with Crippen molar-refractivity contribution in [3.8, 4) is 0 Å². The third-order valence-electron chi connectivity index (χ3n) is 4.92. The highest BCUT2D eigenvalue weighted by Gasteiger charge is 2.15. The van der Waals surface area contributed by atoms with Gasteiger partial charge in [-0.25, -0.2) is 0 Å². The molecule has 3 N–H and O–H groups in total. The molecule has 0 bridgehead atoms. The summed E-state index contributed by atoms with van der Waals surface area (Å²) in [5.74, 6) is 0.227. The predicted molar refractivity (Wildman–Crippen MR) is 122 cm³/mol. The van der Waals surface area contributed by atoms with Gasteiger partial charge in [0.15, 0.2) is 0 Å². The van der Waals surface area contributed by atoms with E-state index in [1.807, 2.05) is 67.6 Å². The molecule has 1 unspecified atom stereocenters. The zero-order chi connectivity index (χ0) is 21.6. The zero-order valence-corrected chi connectivity index (χ0v) is 17.1. The molecule has 31 heavy (non-hydrogen) atoms. The molecule has 3 aromatic carbocycles. The van der Waals surface area contributed by atoms with Crippen molar-refractivity contribution in [2.45, 2.75) is 13.0 Å². The van der Waals surface area contributed by atoms with Crippen molar-refractivity contribution in [2.75, 3.05) is 17.2 Å². The van der Waals surface area contributed by atoms with Gasteiger partial charge in [0.1, 0.15) is 11.3 Å². The van der Waals surface area contributed by atoms with Crippen LogP contribution < -0.4 is 16.0 Å². The third-order valence-corrected chi connectivity index (χ3v) is 4.92. The van der Waals surface area contributed by atoms with Crippen LogP contribution in [-0.4, -0.2) is 18.4 Å². The average Bonchev–Trinajstić information content (AvgIpc) is 3.23. The number of amides is 2. The van der Waals surface area contributed by atoms with Gasteiger partial charge in [0.2, 0.25) is 5.91 Å². The molecular formula is C25H23N3O3. The van der Waals surface area contributed by atoms with E-state index in [1.54, 1.807) is 24.3 Å². The molecule has 4 aromatic rings. The molecule has 6 nitrogen and oxygen atoms in total. The first-order valence-corrected chi connectivity index (χ1v) is 10.1. The molecule has 0 aliphatic rings. The van der Waals surface area contributed by atoms with Gasteiger partial charge in [0.25, 0.3) is 5.91 Å². The van der Waals surface area contributed by atoms with Gasteiger partial charge < -0.3 is 15.1 Å². The number of carbonyl (C=O) groups excluding carboxylic acids is 2. The Hall–Kier alpha value is -3.90. The first kappa shape index (κ1) is 20.4. The molecule has 0 saturated carbocycles. The highest BCUT2D eigenvalue weighted by molar-refractivity contribution is 6.10. The van der Waals surface area contributed by atoms with Crippen LogP contribution in [0.5, 0.6) is 0 Å². The summed E-state index contributed by atoms with van der Waals surface area (Å²) in [7, 11) is 0. The van der Waals surface area contributed by atoms with Crippen molar-refractivity contribution in [3.05, 3.63) is 96.3 Å². The molecule has 0 fully saturated rings.